The summed E-state index contributed by atoms with van der Waals surface area (Å²) in [5.74, 6) is -1.43. The number of ether oxygens (including phenoxy) is 2. The number of rotatable bonds is 4. The van der Waals surface area contributed by atoms with Crippen molar-refractivity contribution < 1.29 is 32.2 Å². The van der Waals surface area contributed by atoms with Crippen molar-refractivity contribution in [1.82, 2.24) is 9.88 Å². The van der Waals surface area contributed by atoms with Crippen LogP contribution in [0.4, 0.5) is 18.0 Å². The standard InChI is InChI=1S/C29H25F3N2O4/c30-29(31,32)25-10-5-11-33-26(25)27(35)17-12-18-14-37-15-19(13-17)34(18)28(36)38-16-24-22-8-3-1-6-20(22)21-7-2-4-9-23(21)24/h1-11,17-19,24H,12-16H2. The number of ketones is 1. The second-order valence-corrected chi connectivity index (χ2v) is 9.99. The predicted octanol–water partition coefficient (Wildman–Crippen LogP) is 5.71. The number of hydrogen-bond acceptors (Lipinski definition) is 5. The van der Waals surface area contributed by atoms with Crippen molar-refractivity contribution in [2.75, 3.05) is 19.8 Å². The second kappa shape index (κ2) is 9.54. The lowest BCUT2D eigenvalue weighted by Crippen LogP contribution is -2.60. The van der Waals surface area contributed by atoms with Crippen molar-refractivity contribution in [3.63, 3.8) is 0 Å². The van der Waals surface area contributed by atoms with Crippen LogP contribution >= 0.6 is 0 Å². The molecular weight excluding hydrogens is 497 g/mol. The molecule has 1 aromatic heterocycles. The number of carbonyl (C=O) groups is 2. The van der Waals surface area contributed by atoms with E-state index in [1.54, 1.807) is 4.90 Å². The summed E-state index contributed by atoms with van der Waals surface area (Å²) in [6, 6.07) is 17.2. The lowest BCUT2D eigenvalue weighted by molar-refractivity contribution is -0.138. The third-order valence-corrected chi connectivity index (χ3v) is 7.78. The molecule has 3 heterocycles. The van der Waals surface area contributed by atoms with Crippen LogP contribution in [0.5, 0.6) is 0 Å². The molecular formula is C29H25F3N2O4. The number of alkyl halides is 3. The van der Waals surface area contributed by atoms with Gasteiger partial charge < -0.3 is 9.47 Å². The van der Waals surface area contributed by atoms with Crippen LogP contribution in [0, 0.1) is 5.92 Å². The first-order valence-corrected chi connectivity index (χ1v) is 12.6. The van der Waals surface area contributed by atoms with Crippen molar-refractivity contribution in [2.45, 2.75) is 37.0 Å². The molecule has 0 spiro atoms. The second-order valence-electron chi connectivity index (χ2n) is 9.99. The minimum atomic E-state index is -4.68. The Balaban J connectivity index is 1.18. The quantitative estimate of drug-likeness (QED) is 0.411. The van der Waals surface area contributed by atoms with Gasteiger partial charge in [-0.15, -0.1) is 0 Å². The van der Waals surface area contributed by atoms with E-state index in [1.165, 1.54) is 12.3 Å². The van der Waals surface area contributed by atoms with E-state index in [9.17, 15) is 22.8 Å². The van der Waals surface area contributed by atoms with Gasteiger partial charge >= 0.3 is 12.3 Å². The molecule has 0 saturated carbocycles. The van der Waals surface area contributed by atoms with E-state index in [2.05, 4.69) is 17.1 Å². The molecule has 3 aromatic rings. The highest BCUT2D eigenvalue weighted by atomic mass is 19.4. The fourth-order valence-electron chi connectivity index (χ4n) is 6.12. The van der Waals surface area contributed by atoms with Crippen LogP contribution < -0.4 is 0 Å². The van der Waals surface area contributed by atoms with Crippen molar-refractivity contribution in [1.29, 1.82) is 0 Å². The number of nitrogens with zero attached hydrogens (tertiary/aromatic N) is 2. The molecule has 1 aliphatic carbocycles. The SMILES string of the molecule is O=C(c1ncccc1C(F)(F)F)C1CC2COCC(C1)N2C(=O)OCC1c2ccccc2-c2ccccc21. The maximum absolute atomic E-state index is 13.5. The molecule has 3 aliphatic rings. The Kier molecular flexibility index (Phi) is 6.18. The predicted molar refractivity (Wildman–Crippen MR) is 132 cm³/mol. The number of carbonyl (C=O) groups excluding carboxylic acids is 2. The van der Waals surface area contributed by atoms with Crippen LogP contribution in [0.1, 0.15) is 45.9 Å². The first kappa shape index (κ1) is 24.6. The Morgan fingerprint density at radius 2 is 1.53 bits per heavy atom. The zero-order valence-electron chi connectivity index (χ0n) is 20.4. The molecule has 2 atom stereocenters. The minimum absolute atomic E-state index is 0.0912. The molecule has 9 heteroatoms. The Bertz CT molecular complexity index is 1330. The molecule has 2 saturated heterocycles. The van der Waals surface area contributed by atoms with Gasteiger partial charge in [0.05, 0.1) is 30.9 Å². The van der Waals surface area contributed by atoms with E-state index >= 15 is 0 Å². The summed E-state index contributed by atoms with van der Waals surface area (Å²) in [6.07, 6.45) is -3.61. The molecule has 2 aromatic carbocycles. The summed E-state index contributed by atoms with van der Waals surface area (Å²) in [5, 5.41) is 0. The van der Waals surface area contributed by atoms with Crippen LogP contribution in [-0.2, 0) is 15.7 Å². The Labute approximate surface area is 217 Å². The van der Waals surface area contributed by atoms with Gasteiger partial charge in [-0.25, -0.2) is 4.79 Å². The maximum Gasteiger partial charge on any atom is 0.418 e. The minimum Gasteiger partial charge on any atom is -0.448 e. The van der Waals surface area contributed by atoms with Gasteiger partial charge in [0.15, 0.2) is 5.78 Å². The van der Waals surface area contributed by atoms with Crippen LogP contribution in [0.3, 0.4) is 0 Å². The third-order valence-electron chi connectivity index (χ3n) is 7.78. The number of fused-ring (bicyclic) bond motifs is 5. The number of pyridine rings is 1. The van der Waals surface area contributed by atoms with Crippen LogP contribution in [0.2, 0.25) is 0 Å². The van der Waals surface area contributed by atoms with Crippen molar-refractivity contribution in [3.05, 3.63) is 89.2 Å². The number of amides is 1. The van der Waals surface area contributed by atoms with Gasteiger partial charge in [-0.3, -0.25) is 14.7 Å². The van der Waals surface area contributed by atoms with E-state index in [0.717, 1.165) is 28.3 Å². The number of Topliss-reactive ketones (excluding diaryl/α,β-unsaturated/α-hetero) is 1. The van der Waals surface area contributed by atoms with E-state index < -0.39 is 47.3 Å². The maximum atomic E-state index is 13.5. The lowest BCUT2D eigenvalue weighted by Gasteiger charge is -2.47. The van der Waals surface area contributed by atoms with E-state index in [-0.39, 0.29) is 38.6 Å². The zero-order valence-corrected chi connectivity index (χ0v) is 20.4. The van der Waals surface area contributed by atoms with Crippen LogP contribution in [0.25, 0.3) is 11.1 Å². The highest BCUT2D eigenvalue weighted by molar-refractivity contribution is 5.97. The lowest BCUT2D eigenvalue weighted by atomic mass is 9.81. The number of morpholine rings is 1. The van der Waals surface area contributed by atoms with Gasteiger partial charge in [-0.05, 0) is 47.2 Å². The third kappa shape index (κ3) is 4.24. The number of aromatic nitrogens is 1. The summed E-state index contributed by atoms with van der Waals surface area (Å²) in [5.41, 5.74) is 2.85. The van der Waals surface area contributed by atoms with Gasteiger partial charge in [0.2, 0.25) is 0 Å². The van der Waals surface area contributed by atoms with E-state index in [1.807, 2.05) is 36.4 Å². The molecule has 2 unspecified atom stereocenters. The van der Waals surface area contributed by atoms with Crippen LogP contribution in [-0.4, -0.2) is 53.7 Å². The van der Waals surface area contributed by atoms with Gasteiger partial charge in [-0.1, -0.05) is 48.5 Å². The first-order valence-electron chi connectivity index (χ1n) is 12.6. The number of piperidine rings is 1. The highest BCUT2D eigenvalue weighted by Gasteiger charge is 2.46. The molecule has 2 aliphatic heterocycles. The Morgan fingerprint density at radius 1 is 0.921 bits per heavy atom. The first-order chi connectivity index (χ1) is 18.3. The number of hydrogen-bond donors (Lipinski definition) is 0. The molecule has 0 radical (unpaired) electrons. The monoisotopic (exact) mass is 522 g/mol. The smallest absolute Gasteiger partial charge is 0.418 e. The Morgan fingerprint density at radius 3 is 2.13 bits per heavy atom. The Hall–Kier alpha value is -3.72. The van der Waals surface area contributed by atoms with Crippen molar-refractivity contribution >= 4 is 11.9 Å². The van der Waals surface area contributed by atoms with Gasteiger partial charge in [-0.2, -0.15) is 13.2 Å². The van der Waals surface area contributed by atoms with Gasteiger partial charge in [0.25, 0.3) is 0 Å². The number of halogens is 3. The average Bonchev–Trinajstić information content (AvgIpc) is 3.23. The molecule has 6 rings (SSSR count). The average molecular weight is 523 g/mol. The summed E-state index contributed by atoms with van der Waals surface area (Å²) in [4.78, 5) is 31.9. The van der Waals surface area contributed by atoms with Crippen molar-refractivity contribution in [2.24, 2.45) is 5.92 Å². The summed E-state index contributed by atoms with van der Waals surface area (Å²) < 4.78 is 52.0. The van der Waals surface area contributed by atoms with E-state index in [4.69, 9.17) is 9.47 Å². The summed E-state index contributed by atoms with van der Waals surface area (Å²) in [7, 11) is 0. The topological polar surface area (TPSA) is 68.7 Å². The van der Waals surface area contributed by atoms with Gasteiger partial charge in [0.1, 0.15) is 12.3 Å². The molecule has 2 fully saturated rings. The highest BCUT2D eigenvalue weighted by Crippen LogP contribution is 2.45. The molecule has 6 nitrogen and oxygen atoms in total. The van der Waals surface area contributed by atoms with E-state index in [0.29, 0.717) is 0 Å². The molecule has 196 valence electrons. The largest absolute Gasteiger partial charge is 0.448 e. The van der Waals surface area contributed by atoms with Crippen molar-refractivity contribution in [3.8, 4) is 11.1 Å². The molecule has 2 bridgehead atoms. The molecule has 0 N–H and O–H groups in total. The fraction of sp³-hybridized carbons (Fsp3) is 0.345. The molecule has 38 heavy (non-hydrogen) atoms. The summed E-state index contributed by atoms with van der Waals surface area (Å²) >= 11 is 0. The number of benzene rings is 2. The fourth-order valence-corrected chi connectivity index (χ4v) is 6.12. The normalized spacial score (nSPS) is 22.5. The summed E-state index contributed by atoms with van der Waals surface area (Å²) in [6.45, 7) is 0.548. The van der Waals surface area contributed by atoms with Gasteiger partial charge in [0, 0.05) is 18.0 Å². The zero-order chi connectivity index (χ0) is 26.4. The molecule has 1 amide bonds. The van der Waals surface area contributed by atoms with Crippen LogP contribution in [0.15, 0.2) is 66.9 Å².